The molecule has 16 heavy (non-hydrogen) atoms. The van der Waals surface area contributed by atoms with Crippen molar-refractivity contribution in [2.45, 2.75) is 39.0 Å². The molecule has 0 aromatic rings. The summed E-state index contributed by atoms with van der Waals surface area (Å²) in [5.41, 5.74) is 5.16. The normalized spacial score (nSPS) is 24.9. The minimum absolute atomic E-state index is 0.0475. The van der Waals surface area contributed by atoms with Gasteiger partial charge < -0.3 is 16.3 Å². The second-order valence-electron chi connectivity index (χ2n) is 5.10. The van der Waals surface area contributed by atoms with E-state index >= 15 is 0 Å². The number of hydrogen-bond acceptors (Lipinski definition) is 3. The Morgan fingerprint density at radius 2 is 2.06 bits per heavy atom. The Bertz CT molecular complexity index is 330. The number of hydrogen-bond donors (Lipinski definition) is 3. The van der Waals surface area contributed by atoms with Crippen molar-refractivity contribution in [3.8, 4) is 0 Å². The zero-order valence-electron chi connectivity index (χ0n) is 9.62. The molecule has 0 aliphatic heterocycles. The maximum Gasteiger partial charge on any atom is 0.233 e. The van der Waals surface area contributed by atoms with Gasteiger partial charge in [0, 0.05) is 6.54 Å². The van der Waals surface area contributed by atoms with E-state index in [1.807, 2.05) is 0 Å². The number of amides is 1. The second kappa shape index (κ2) is 3.64. The van der Waals surface area contributed by atoms with Gasteiger partial charge in [-0.25, -0.2) is 0 Å². The highest BCUT2D eigenvalue weighted by Crippen LogP contribution is 2.49. The van der Waals surface area contributed by atoms with Crippen LogP contribution >= 0.6 is 0 Å². The third kappa shape index (κ3) is 1.74. The molecule has 0 spiro atoms. The molecule has 0 heterocycles. The summed E-state index contributed by atoms with van der Waals surface area (Å²) in [4.78, 5) is 11.9. The molecule has 5 heteroatoms. The van der Waals surface area contributed by atoms with E-state index in [2.05, 4.69) is 17.4 Å². The van der Waals surface area contributed by atoms with Crippen molar-refractivity contribution >= 4 is 11.7 Å². The highest BCUT2D eigenvalue weighted by molar-refractivity contribution is 6.09. The Kier molecular flexibility index (Phi) is 2.56. The van der Waals surface area contributed by atoms with Crippen LogP contribution in [0.1, 0.15) is 39.0 Å². The summed E-state index contributed by atoms with van der Waals surface area (Å²) in [6, 6.07) is 0. The fourth-order valence-corrected chi connectivity index (χ4v) is 2.09. The van der Waals surface area contributed by atoms with Crippen LogP contribution in [0.3, 0.4) is 0 Å². The highest BCUT2D eigenvalue weighted by atomic mass is 16.4. The van der Waals surface area contributed by atoms with Crippen molar-refractivity contribution in [1.82, 2.24) is 5.32 Å². The SMILES string of the molecule is CCC1(CNC(=O)C2(C(N)=NO)CC2)CC1. The van der Waals surface area contributed by atoms with E-state index in [0.717, 1.165) is 13.0 Å². The molecular weight excluding hydrogens is 206 g/mol. The van der Waals surface area contributed by atoms with Gasteiger partial charge >= 0.3 is 0 Å². The lowest BCUT2D eigenvalue weighted by Gasteiger charge is -2.17. The predicted molar refractivity (Wildman–Crippen MR) is 60.0 cm³/mol. The molecule has 0 saturated heterocycles. The second-order valence-corrected chi connectivity index (χ2v) is 5.10. The van der Waals surface area contributed by atoms with Crippen molar-refractivity contribution in [3.05, 3.63) is 0 Å². The first kappa shape index (κ1) is 11.2. The van der Waals surface area contributed by atoms with Gasteiger partial charge in [-0.15, -0.1) is 0 Å². The van der Waals surface area contributed by atoms with E-state index in [1.165, 1.54) is 12.8 Å². The monoisotopic (exact) mass is 225 g/mol. The number of rotatable bonds is 5. The van der Waals surface area contributed by atoms with Crippen LogP contribution in [0.15, 0.2) is 5.16 Å². The molecule has 2 aliphatic carbocycles. The number of nitrogens with two attached hydrogens (primary N) is 1. The summed E-state index contributed by atoms with van der Waals surface area (Å²) < 4.78 is 0. The topological polar surface area (TPSA) is 87.7 Å². The number of carbonyl (C=O) groups is 1. The summed E-state index contributed by atoms with van der Waals surface area (Å²) in [6.45, 7) is 2.87. The van der Waals surface area contributed by atoms with Crippen molar-refractivity contribution in [1.29, 1.82) is 0 Å². The Labute approximate surface area is 95.1 Å². The zero-order valence-corrected chi connectivity index (χ0v) is 9.62. The maximum absolute atomic E-state index is 11.9. The van der Waals surface area contributed by atoms with Crippen molar-refractivity contribution in [2.24, 2.45) is 21.7 Å². The van der Waals surface area contributed by atoms with E-state index in [0.29, 0.717) is 18.3 Å². The largest absolute Gasteiger partial charge is 0.409 e. The number of amidine groups is 1. The van der Waals surface area contributed by atoms with Gasteiger partial charge in [0.25, 0.3) is 0 Å². The minimum atomic E-state index is -0.710. The summed E-state index contributed by atoms with van der Waals surface area (Å²) in [5.74, 6) is -0.0335. The van der Waals surface area contributed by atoms with Crippen LogP contribution < -0.4 is 11.1 Å². The molecular formula is C11H19N3O2. The number of nitrogens with one attached hydrogen (secondary N) is 1. The molecule has 0 radical (unpaired) electrons. The number of oxime groups is 1. The van der Waals surface area contributed by atoms with Gasteiger partial charge in [0.1, 0.15) is 5.41 Å². The quantitative estimate of drug-likeness (QED) is 0.280. The molecule has 2 rings (SSSR count). The third-order valence-electron chi connectivity index (χ3n) is 4.11. The molecule has 0 atom stereocenters. The van der Waals surface area contributed by atoms with Crippen molar-refractivity contribution in [2.75, 3.05) is 6.54 Å². The molecule has 0 aromatic carbocycles. The van der Waals surface area contributed by atoms with E-state index in [-0.39, 0.29) is 11.7 Å². The Morgan fingerprint density at radius 1 is 1.44 bits per heavy atom. The van der Waals surface area contributed by atoms with Gasteiger partial charge in [-0.2, -0.15) is 0 Å². The fourth-order valence-electron chi connectivity index (χ4n) is 2.09. The van der Waals surface area contributed by atoms with Gasteiger partial charge in [-0.05, 0) is 37.5 Å². The first-order chi connectivity index (χ1) is 7.58. The summed E-state index contributed by atoms with van der Waals surface area (Å²) in [6.07, 6.45) is 4.87. The first-order valence-corrected chi connectivity index (χ1v) is 5.85. The van der Waals surface area contributed by atoms with Gasteiger partial charge in [0.2, 0.25) is 5.91 Å². The Morgan fingerprint density at radius 3 is 2.44 bits per heavy atom. The lowest BCUT2D eigenvalue weighted by Crippen LogP contribution is -2.42. The molecule has 2 saturated carbocycles. The highest BCUT2D eigenvalue weighted by Gasteiger charge is 2.54. The third-order valence-corrected chi connectivity index (χ3v) is 4.11. The van der Waals surface area contributed by atoms with Crippen LogP contribution in [0.4, 0.5) is 0 Å². The molecule has 4 N–H and O–H groups in total. The van der Waals surface area contributed by atoms with Crippen LogP contribution in [0.5, 0.6) is 0 Å². The Balaban J connectivity index is 1.89. The first-order valence-electron chi connectivity index (χ1n) is 5.85. The Hall–Kier alpha value is -1.26. The van der Waals surface area contributed by atoms with E-state index in [9.17, 15) is 4.79 Å². The average molecular weight is 225 g/mol. The molecule has 0 unspecified atom stereocenters. The van der Waals surface area contributed by atoms with E-state index < -0.39 is 5.41 Å². The number of carbonyl (C=O) groups excluding carboxylic acids is 1. The lowest BCUT2D eigenvalue weighted by molar-refractivity contribution is -0.124. The van der Waals surface area contributed by atoms with Crippen LogP contribution in [0, 0.1) is 10.8 Å². The molecule has 2 aliphatic rings. The van der Waals surface area contributed by atoms with Gasteiger partial charge in [0.05, 0.1) is 0 Å². The summed E-state index contributed by atoms with van der Waals surface area (Å²) in [7, 11) is 0. The molecule has 90 valence electrons. The van der Waals surface area contributed by atoms with Crippen LogP contribution in [-0.4, -0.2) is 23.5 Å². The standard InChI is InChI=1S/C11H19N3O2/c1-2-10(3-4-10)7-13-9(15)11(5-6-11)8(12)14-16/h16H,2-7H2,1H3,(H2,12,14)(H,13,15). The molecule has 2 fully saturated rings. The minimum Gasteiger partial charge on any atom is -0.409 e. The molecule has 0 bridgehead atoms. The fraction of sp³-hybridized carbons (Fsp3) is 0.818. The average Bonchev–Trinajstić information content (AvgIpc) is 3.18. The smallest absolute Gasteiger partial charge is 0.233 e. The van der Waals surface area contributed by atoms with Crippen molar-refractivity contribution in [3.63, 3.8) is 0 Å². The van der Waals surface area contributed by atoms with Gasteiger partial charge in [-0.3, -0.25) is 4.79 Å². The number of nitrogens with zero attached hydrogens (tertiary/aromatic N) is 1. The van der Waals surface area contributed by atoms with Gasteiger partial charge in [0.15, 0.2) is 5.84 Å². The van der Waals surface area contributed by atoms with Crippen LogP contribution in [-0.2, 0) is 4.79 Å². The summed E-state index contributed by atoms with van der Waals surface area (Å²) in [5, 5.41) is 14.5. The lowest BCUT2D eigenvalue weighted by atomic mass is 10.0. The predicted octanol–water partition coefficient (Wildman–Crippen LogP) is 0.819. The van der Waals surface area contributed by atoms with E-state index in [4.69, 9.17) is 10.9 Å². The van der Waals surface area contributed by atoms with Crippen LogP contribution in [0.2, 0.25) is 0 Å². The molecule has 1 amide bonds. The van der Waals surface area contributed by atoms with Crippen LogP contribution in [0.25, 0.3) is 0 Å². The summed E-state index contributed by atoms with van der Waals surface area (Å²) >= 11 is 0. The zero-order chi connectivity index (χ0) is 11.8. The molecule has 0 aromatic heterocycles. The van der Waals surface area contributed by atoms with Crippen molar-refractivity contribution < 1.29 is 10.0 Å². The van der Waals surface area contributed by atoms with Gasteiger partial charge in [-0.1, -0.05) is 12.1 Å². The molecule has 5 nitrogen and oxygen atoms in total. The van der Waals surface area contributed by atoms with E-state index in [1.54, 1.807) is 0 Å². The maximum atomic E-state index is 11.9.